The van der Waals surface area contributed by atoms with Crippen LogP contribution >= 0.6 is 0 Å². The third-order valence-electron chi connectivity index (χ3n) is 3.96. The highest BCUT2D eigenvalue weighted by atomic mass is 16.5. The Bertz CT molecular complexity index is 513. The summed E-state index contributed by atoms with van der Waals surface area (Å²) in [6.07, 6.45) is 1.07. The van der Waals surface area contributed by atoms with Gasteiger partial charge in [0.2, 0.25) is 11.8 Å². The van der Waals surface area contributed by atoms with Gasteiger partial charge in [-0.05, 0) is 24.1 Å². The van der Waals surface area contributed by atoms with E-state index >= 15 is 0 Å². The van der Waals surface area contributed by atoms with E-state index in [4.69, 9.17) is 4.74 Å². The predicted molar refractivity (Wildman–Crippen MR) is 79.8 cm³/mol. The lowest BCUT2D eigenvalue weighted by Crippen LogP contribution is -2.42. The van der Waals surface area contributed by atoms with Crippen LogP contribution in [0.1, 0.15) is 18.4 Å². The van der Waals surface area contributed by atoms with E-state index in [9.17, 15) is 9.59 Å². The molecule has 2 amide bonds. The molecule has 1 aromatic rings. The summed E-state index contributed by atoms with van der Waals surface area (Å²) >= 11 is 0. The van der Waals surface area contributed by atoms with Crippen molar-refractivity contribution in [1.82, 2.24) is 9.80 Å². The van der Waals surface area contributed by atoms with Crippen molar-refractivity contribution in [1.29, 1.82) is 0 Å². The van der Waals surface area contributed by atoms with Gasteiger partial charge in [0, 0.05) is 39.5 Å². The molecule has 21 heavy (non-hydrogen) atoms. The van der Waals surface area contributed by atoms with Crippen LogP contribution in [0.15, 0.2) is 24.3 Å². The number of hydrogen-bond acceptors (Lipinski definition) is 3. The van der Waals surface area contributed by atoms with Crippen LogP contribution in [0.5, 0.6) is 5.75 Å². The fraction of sp³-hybridized carbons (Fsp3) is 0.500. The van der Waals surface area contributed by atoms with Crippen LogP contribution in [-0.4, -0.2) is 49.4 Å². The summed E-state index contributed by atoms with van der Waals surface area (Å²) < 4.78 is 5.12. The second-order valence-corrected chi connectivity index (χ2v) is 5.55. The fourth-order valence-corrected chi connectivity index (χ4v) is 2.55. The first-order valence-electron chi connectivity index (χ1n) is 7.13. The minimum Gasteiger partial charge on any atom is -0.497 e. The number of carbonyl (C=O) groups is 2. The molecule has 0 N–H and O–H groups in total. The minimum atomic E-state index is -0.183. The molecular weight excluding hydrogens is 268 g/mol. The predicted octanol–water partition coefficient (Wildman–Crippen LogP) is 1.52. The molecule has 0 aliphatic carbocycles. The van der Waals surface area contributed by atoms with E-state index in [1.54, 1.807) is 31.0 Å². The molecule has 1 aliphatic rings. The van der Waals surface area contributed by atoms with Gasteiger partial charge < -0.3 is 14.5 Å². The molecule has 114 valence electrons. The Morgan fingerprint density at radius 2 is 2.05 bits per heavy atom. The zero-order valence-corrected chi connectivity index (χ0v) is 12.8. The topological polar surface area (TPSA) is 49.9 Å². The SMILES string of the molecule is COc1ccc(CN(C)C(=O)C2CCN(C)C(=O)C2)cc1. The van der Waals surface area contributed by atoms with E-state index in [0.29, 0.717) is 19.5 Å². The van der Waals surface area contributed by atoms with Crippen molar-refractivity contribution >= 4 is 11.8 Å². The number of amides is 2. The summed E-state index contributed by atoms with van der Waals surface area (Å²) in [7, 11) is 5.20. The number of benzene rings is 1. The van der Waals surface area contributed by atoms with Crippen molar-refractivity contribution in [2.24, 2.45) is 5.92 Å². The fourth-order valence-electron chi connectivity index (χ4n) is 2.55. The summed E-state index contributed by atoms with van der Waals surface area (Å²) in [5.41, 5.74) is 1.05. The zero-order valence-electron chi connectivity index (χ0n) is 12.8. The number of carbonyl (C=O) groups excluding carboxylic acids is 2. The molecule has 1 aromatic carbocycles. The quantitative estimate of drug-likeness (QED) is 0.845. The van der Waals surface area contributed by atoms with Gasteiger partial charge in [0.15, 0.2) is 0 Å². The first-order chi connectivity index (χ1) is 10.0. The van der Waals surface area contributed by atoms with Crippen molar-refractivity contribution in [3.63, 3.8) is 0 Å². The Morgan fingerprint density at radius 3 is 2.62 bits per heavy atom. The molecule has 1 heterocycles. The van der Waals surface area contributed by atoms with Gasteiger partial charge in [-0.2, -0.15) is 0 Å². The molecular formula is C16H22N2O3. The largest absolute Gasteiger partial charge is 0.497 e. The molecule has 0 saturated carbocycles. The van der Waals surface area contributed by atoms with Crippen LogP contribution < -0.4 is 4.74 Å². The normalized spacial score (nSPS) is 18.5. The third-order valence-corrected chi connectivity index (χ3v) is 3.96. The van der Waals surface area contributed by atoms with Crippen LogP contribution in [0.3, 0.4) is 0 Å². The summed E-state index contributed by atoms with van der Waals surface area (Å²) in [6, 6.07) is 7.66. The van der Waals surface area contributed by atoms with Gasteiger partial charge in [-0.15, -0.1) is 0 Å². The number of likely N-dealkylation sites (tertiary alicyclic amines) is 1. The molecule has 0 bridgehead atoms. The van der Waals surface area contributed by atoms with E-state index in [1.807, 2.05) is 24.3 Å². The van der Waals surface area contributed by atoms with E-state index in [-0.39, 0.29) is 17.7 Å². The molecule has 1 fully saturated rings. The van der Waals surface area contributed by atoms with E-state index in [1.165, 1.54) is 0 Å². The standard InChI is InChI=1S/C16H22N2O3/c1-17-9-8-13(10-15(17)19)16(20)18(2)11-12-4-6-14(21-3)7-5-12/h4-7,13H,8-11H2,1-3H3. The lowest BCUT2D eigenvalue weighted by atomic mass is 9.95. The molecule has 1 atom stereocenters. The molecule has 1 aliphatic heterocycles. The molecule has 0 aromatic heterocycles. The van der Waals surface area contributed by atoms with Crippen molar-refractivity contribution in [3.8, 4) is 5.75 Å². The van der Waals surface area contributed by atoms with Gasteiger partial charge in [0.1, 0.15) is 5.75 Å². The van der Waals surface area contributed by atoms with Gasteiger partial charge >= 0.3 is 0 Å². The third kappa shape index (κ3) is 3.74. The first kappa shape index (κ1) is 15.4. The van der Waals surface area contributed by atoms with Crippen LogP contribution in [0.4, 0.5) is 0 Å². The lowest BCUT2D eigenvalue weighted by Gasteiger charge is -2.30. The van der Waals surface area contributed by atoms with Crippen LogP contribution in [-0.2, 0) is 16.1 Å². The number of methoxy groups -OCH3 is 1. The minimum absolute atomic E-state index is 0.0484. The highest BCUT2D eigenvalue weighted by Gasteiger charge is 2.30. The van der Waals surface area contributed by atoms with Gasteiger partial charge in [-0.3, -0.25) is 9.59 Å². The van der Waals surface area contributed by atoms with Crippen LogP contribution in [0, 0.1) is 5.92 Å². The van der Waals surface area contributed by atoms with Crippen LogP contribution in [0.25, 0.3) is 0 Å². The van der Waals surface area contributed by atoms with E-state index < -0.39 is 0 Å². The smallest absolute Gasteiger partial charge is 0.226 e. The maximum absolute atomic E-state index is 12.4. The molecule has 2 rings (SSSR count). The van der Waals surface area contributed by atoms with Gasteiger partial charge in [-0.1, -0.05) is 12.1 Å². The zero-order chi connectivity index (χ0) is 15.4. The van der Waals surface area contributed by atoms with Crippen molar-refractivity contribution < 1.29 is 14.3 Å². The number of rotatable bonds is 4. The maximum atomic E-state index is 12.4. The van der Waals surface area contributed by atoms with Gasteiger partial charge in [0.05, 0.1) is 7.11 Å². The Labute approximate surface area is 125 Å². The van der Waals surface area contributed by atoms with Crippen molar-refractivity contribution in [2.45, 2.75) is 19.4 Å². The van der Waals surface area contributed by atoms with E-state index in [0.717, 1.165) is 17.7 Å². The highest BCUT2D eigenvalue weighted by Crippen LogP contribution is 2.20. The molecule has 1 unspecified atom stereocenters. The second-order valence-electron chi connectivity index (χ2n) is 5.55. The average Bonchev–Trinajstić information content (AvgIpc) is 2.50. The highest BCUT2D eigenvalue weighted by molar-refractivity contribution is 5.86. The molecule has 5 nitrogen and oxygen atoms in total. The Morgan fingerprint density at radius 1 is 1.38 bits per heavy atom. The summed E-state index contributed by atoms with van der Waals surface area (Å²) in [4.78, 5) is 27.5. The number of nitrogens with zero attached hydrogens (tertiary/aromatic N) is 2. The lowest BCUT2D eigenvalue weighted by molar-refractivity contribution is -0.143. The summed E-state index contributed by atoms with van der Waals surface area (Å²) in [5, 5.41) is 0. The second kappa shape index (κ2) is 6.61. The van der Waals surface area contributed by atoms with Gasteiger partial charge in [0.25, 0.3) is 0 Å². The number of hydrogen-bond donors (Lipinski definition) is 0. The van der Waals surface area contributed by atoms with Crippen molar-refractivity contribution in [2.75, 3.05) is 27.7 Å². The molecule has 0 radical (unpaired) electrons. The average molecular weight is 290 g/mol. The maximum Gasteiger partial charge on any atom is 0.226 e. The first-order valence-corrected chi connectivity index (χ1v) is 7.13. The van der Waals surface area contributed by atoms with Gasteiger partial charge in [-0.25, -0.2) is 0 Å². The number of ether oxygens (including phenoxy) is 1. The van der Waals surface area contributed by atoms with E-state index in [2.05, 4.69) is 0 Å². The summed E-state index contributed by atoms with van der Waals surface area (Å²) in [5.74, 6) is 0.718. The monoisotopic (exact) mass is 290 g/mol. The molecule has 0 spiro atoms. The Hall–Kier alpha value is -2.04. The summed E-state index contributed by atoms with van der Waals surface area (Å²) in [6.45, 7) is 1.20. The Kier molecular flexibility index (Phi) is 4.83. The Balaban J connectivity index is 1.94. The number of piperidine rings is 1. The molecule has 1 saturated heterocycles. The van der Waals surface area contributed by atoms with Crippen molar-refractivity contribution in [3.05, 3.63) is 29.8 Å². The molecule has 5 heteroatoms. The van der Waals surface area contributed by atoms with Crippen LogP contribution in [0.2, 0.25) is 0 Å².